The average Bonchev–Trinajstić information content (AvgIpc) is 2.35. The summed E-state index contributed by atoms with van der Waals surface area (Å²) in [6.07, 6.45) is 0. The first-order valence-electron chi connectivity index (χ1n) is 5.16. The summed E-state index contributed by atoms with van der Waals surface area (Å²) in [7, 11) is 1.59. The topological polar surface area (TPSA) is 44.5 Å². The molecule has 0 aliphatic heterocycles. The zero-order valence-corrected chi connectivity index (χ0v) is 12.0. The van der Waals surface area contributed by atoms with Gasteiger partial charge >= 0.3 is 0 Å². The summed E-state index contributed by atoms with van der Waals surface area (Å²) < 4.78 is 11.6. The molecule has 0 amide bonds. The van der Waals surface area contributed by atoms with E-state index in [0.717, 1.165) is 4.47 Å². The molecule has 2 aromatic rings. The Kier molecular flexibility index (Phi) is 3.99. The molecule has 0 aliphatic rings. The summed E-state index contributed by atoms with van der Waals surface area (Å²) >= 11 is 9.25. The summed E-state index contributed by atoms with van der Waals surface area (Å²) in [6.45, 7) is 0. The summed E-state index contributed by atoms with van der Waals surface area (Å²) in [6, 6.07) is 10.5. The number of halogens is 2. The van der Waals surface area contributed by atoms with Crippen LogP contribution in [0.25, 0.3) is 0 Å². The molecule has 0 heterocycles. The minimum absolute atomic E-state index is 0.539. The minimum Gasteiger partial charge on any atom is -0.497 e. The molecule has 3 nitrogen and oxygen atoms in total. The maximum Gasteiger partial charge on any atom is 0.154 e. The van der Waals surface area contributed by atoms with E-state index in [1.54, 1.807) is 43.5 Å². The molecule has 0 atom stereocenters. The fraction of sp³-hybridized carbons (Fsp3) is 0.0769. The van der Waals surface area contributed by atoms with Crippen molar-refractivity contribution in [2.45, 2.75) is 0 Å². The van der Waals surface area contributed by atoms with Gasteiger partial charge in [-0.05, 0) is 46.3 Å². The van der Waals surface area contributed by atoms with Crippen molar-refractivity contribution in [3.63, 3.8) is 0 Å². The van der Waals surface area contributed by atoms with Crippen LogP contribution >= 0.6 is 27.5 Å². The van der Waals surface area contributed by atoms with Crippen LogP contribution in [-0.2, 0) is 0 Å². The zero-order chi connectivity index (χ0) is 13.1. The Bertz CT molecular complexity index is 575. The molecule has 94 valence electrons. The number of hydrogen-bond donors (Lipinski definition) is 1. The Morgan fingerprint density at radius 2 is 1.89 bits per heavy atom. The van der Waals surface area contributed by atoms with Crippen LogP contribution in [0.2, 0.25) is 5.02 Å². The quantitative estimate of drug-likeness (QED) is 0.845. The van der Waals surface area contributed by atoms with Gasteiger partial charge in [-0.3, -0.25) is 0 Å². The molecule has 2 N–H and O–H groups in total. The van der Waals surface area contributed by atoms with Crippen molar-refractivity contribution in [2.24, 2.45) is 0 Å². The fourth-order valence-corrected chi connectivity index (χ4v) is 2.17. The Hall–Kier alpha value is -1.39. The number of methoxy groups -OCH3 is 1. The van der Waals surface area contributed by atoms with Gasteiger partial charge in [-0.15, -0.1) is 0 Å². The van der Waals surface area contributed by atoms with Gasteiger partial charge in [0.25, 0.3) is 0 Å². The van der Waals surface area contributed by atoms with Crippen molar-refractivity contribution >= 4 is 33.2 Å². The predicted octanol–water partition coefficient (Wildman–Crippen LogP) is 4.49. The predicted molar refractivity (Wildman–Crippen MR) is 76.6 cm³/mol. The van der Waals surface area contributed by atoms with Crippen LogP contribution < -0.4 is 15.2 Å². The molecule has 2 aromatic carbocycles. The van der Waals surface area contributed by atoms with Gasteiger partial charge in [0.05, 0.1) is 17.3 Å². The van der Waals surface area contributed by atoms with Crippen molar-refractivity contribution in [1.29, 1.82) is 0 Å². The highest BCUT2D eigenvalue weighted by atomic mass is 79.9. The molecule has 5 heteroatoms. The summed E-state index contributed by atoms with van der Waals surface area (Å²) in [5.41, 5.74) is 6.39. The van der Waals surface area contributed by atoms with Crippen molar-refractivity contribution in [1.82, 2.24) is 0 Å². The van der Waals surface area contributed by atoms with Crippen LogP contribution in [0.5, 0.6) is 17.2 Å². The maximum atomic E-state index is 5.87. The second-order valence-electron chi connectivity index (χ2n) is 3.58. The van der Waals surface area contributed by atoms with Crippen LogP contribution in [0, 0.1) is 0 Å². The Labute approximate surface area is 119 Å². The minimum atomic E-state index is 0.539. The van der Waals surface area contributed by atoms with E-state index in [1.807, 2.05) is 0 Å². The van der Waals surface area contributed by atoms with Crippen LogP contribution in [0.15, 0.2) is 40.9 Å². The lowest BCUT2D eigenvalue weighted by molar-refractivity contribution is 0.409. The molecule has 0 aliphatic carbocycles. The van der Waals surface area contributed by atoms with E-state index >= 15 is 0 Å². The Balaban J connectivity index is 2.33. The van der Waals surface area contributed by atoms with Gasteiger partial charge in [0.15, 0.2) is 5.75 Å². The largest absolute Gasteiger partial charge is 0.497 e. The number of anilines is 1. The van der Waals surface area contributed by atoms with Crippen LogP contribution in [-0.4, -0.2) is 7.11 Å². The highest BCUT2D eigenvalue weighted by Crippen LogP contribution is 2.35. The number of nitrogens with two attached hydrogens (primary N) is 1. The lowest BCUT2D eigenvalue weighted by Gasteiger charge is -2.11. The van der Waals surface area contributed by atoms with Gasteiger partial charge < -0.3 is 15.2 Å². The van der Waals surface area contributed by atoms with Crippen molar-refractivity contribution in [3.8, 4) is 17.2 Å². The zero-order valence-electron chi connectivity index (χ0n) is 9.61. The third kappa shape index (κ3) is 2.89. The second-order valence-corrected chi connectivity index (χ2v) is 4.87. The van der Waals surface area contributed by atoms with Crippen molar-refractivity contribution < 1.29 is 9.47 Å². The standard InChI is InChI=1S/C13H11BrClNO2/c1-17-9-3-4-11(16)13(7-9)18-12-5-2-8(15)6-10(12)14/h2-7H,16H2,1H3. The monoisotopic (exact) mass is 327 g/mol. The van der Waals surface area contributed by atoms with Gasteiger partial charge in [0.1, 0.15) is 11.5 Å². The summed E-state index contributed by atoms with van der Waals surface area (Å²) in [5, 5.41) is 0.632. The van der Waals surface area contributed by atoms with Crippen LogP contribution in [0.1, 0.15) is 0 Å². The molecule has 2 rings (SSSR count). The summed E-state index contributed by atoms with van der Waals surface area (Å²) in [5.74, 6) is 1.86. The molecular formula is C13H11BrClNO2. The molecule has 0 radical (unpaired) electrons. The van der Waals surface area contributed by atoms with E-state index in [1.165, 1.54) is 0 Å². The molecule has 0 saturated heterocycles. The van der Waals surface area contributed by atoms with Crippen LogP contribution in [0.4, 0.5) is 5.69 Å². The van der Waals surface area contributed by atoms with Gasteiger partial charge in [-0.1, -0.05) is 11.6 Å². The lowest BCUT2D eigenvalue weighted by atomic mass is 10.2. The van der Waals surface area contributed by atoms with E-state index in [2.05, 4.69) is 15.9 Å². The first-order valence-corrected chi connectivity index (χ1v) is 6.33. The molecule has 18 heavy (non-hydrogen) atoms. The number of hydrogen-bond acceptors (Lipinski definition) is 3. The number of ether oxygens (including phenoxy) is 2. The van der Waals surface area contributed by atoms with Gasteiger partial charge in [0.2, 0.25) is 0 Å². The SMILES string of the molecule is COc1ccc(N)c(Oc2ccc(Cl)cc2Br)c1. The van der Waals surface area contributed by atoms with Crippen molar-refractivity contribution in [2.75, 3.05) is 12.8 Å². The Morgan fingerprint density at radius 3 is 2.56 bits per heavy atom. The van der Waals surface area contributed by atoms with Gasteiger partial charge in [0, 0.05) is 11.1 Å². The van der Waals surface area contributed by atoms with Gasteiger partial charge in [-0.25, -0.2) is 0 Å². The third-order valence-corrected chi connectivity index (χ3v) is 3.19. The highest BCUT2D eigenvalue weighted by molar-refractivity contribution is 9.10. The molecule has 0 fully saturated rings. The van der Waals surface area contributed by atoms with E-state index < -0.39 is 0 Å². The molecule has 0 aromatic heterocycles. The maximum absolute atomic E-state index is 5.87. The second kappa shape index (κ2) is 5.50. The molecule has 0 unspecified atom stereocenters. The van der Waals surface area contributed by atoms with Crippen LogP contribution in [0.3, 0.4) is 0 Å². The normalized spacial score (nSPS) is 10.2. The van der Waals surface area contributed by atoms with Crippen molar-refractivity contribution in [3.05, 3.63) is 45.9 Å². The van der Waals surface area contributed by atoms with E-state index in [0.29, 0.717) is 28.0 Å². The average molecular weight is 329 g/mol. The first-order chi connectivity index (χ1) is 8.60. The molecular weight excluding hydrogens is 318 g/mol. The number of benzene rings is 2. The fourth-order valence-electron chi connectivity index (χ4n) is 1.41. The van der Waals surface area contributed by atoms with E-state index in [-0.39, 0.29) is 0 Å². The van der Waals surface area contributed by atoms with E-state index in [9.17, 15) is 0 Å². The molecule has 0 spiro atoms. The van der Waals surface area contributed by atoms with Gasteiger partial charge in [-0.2, -0.15) is 0 Å². The third-order valence-electron chi connectivity index (χ3n) is 2.33. The lowest BCUT2D eigenvalue weighted by Crippen LogP contribution is -1.93. The Morgan fingerprint density at radius 1 is 1.11 bits per heavy atom. The number of rotatable bonds is 3. The summed E-state index contributed by atoms with van der Waals surface area (Å²) in [4.78, 5) is 0. The molecule has 0 bridgehead atoms. The highest BCUT2D eigenvalue weighted by Gasteiger charge is 2.07. The smallest absolute Gasteiger partial charge is 0.154 e. The first kappa shape index (κ1) is 13.1. The number of nitrogen functional groups attached to an aromatic ring is 1. The molecule has 0 saturated carbocycles. The van der Waals surface area contributed by atoms with E-state index in [4.69, 9.17) is 26.8 Å².